The van der Waals surface area contributed by atoms with Gasteiger partial charge >= 0.3 is 0 Å². The average Bonchev–Trinajstić information content (AvgIpc) is 3.00. The third-order valence-corrected chi connectivity index (χ3v) is 9.48. The highest BCUT2D eigenvalue weighted by atomic mass is 32.2. The van der Waals surface area contributed by atoms with Gasteiger partial charge in [0.1, 0.15) is 18.3 Å². The topological polar surface area (TPSA) is 96.0 Å². The molecule has 0 aliphatic carbocycles. The number of hydrogen-bond acceptors (Lipinski definition) is 6. The zero-order valence-electron chi connectivity index (χ0n) is 24.9. The number of amides is 2. The van der Waals surface area contributed by atoms with Crippen LogP contribution in [0.5, 0.6) is 5.75 Å². The normalized spacial score (nSPS) is 12.7. The molecule has 2 amide bonds. The van der Waals surface area contributed by atoms with E-state index in [0.29, 0.717) is 24.5 Å². The third kappa shape index (κ3) is 8.51. The molecule has 0 spiro atoms. The molecule has 0 saturated heterocycles. The Hall–Kier alpha value is -3.50. The number of hydrogen-bond donors (Lipinski definition) is 1. The van der Waals surface area contributed by atoms with E-state index in [-0.39, 0.29) is 23.4 Å². The third-order valence-electron chi connectivity index (χ3n) is 6.94. The molecule has 0 saturated carbocycles. The fourth-order valence-electron chi connectivity index (χ4n) is 4.42. The van der Waals surface area contributed by atoms with Gasteiger partial charge in [-0.05, 0) is 87.0 Å². The van der Waals surface area contributed by atoms with E-state index in [1.165, 1.54) is 16.7 Å². The molecular weight excluding hydrogens is 571 g/mol. The lowest BCUT2D eigenvalue weighted by Crippen LogP contribution is -2.53. The largest absolute Gasteiger partial charge is 0.494 e. The van der Waals surface area contributed by atoms with E-state index in [9.17, 15) is 18.0 Å². The van der Waals surface area contributed by atoms with E-state index in [2.05, 4.69) is 5.32 Å². The van der Waals surface area contributed by atoms with E-state index in [4.69, 9.17) is 4.74 Å². The summed E-state index contributed by atoms with van der Waals surface area (Å²) in [5.74, 6) is -0.157. The van der Waals surface area contributed by atoms with Crippen LogP contribution in [-0.2, 0) is 26.2 Å². The fourth-order valence-corrected chi connectivity index (χ4v) is 6.24. The molecule has 8 nitrogen and oxygen atoms in total. The number of anilines is 1. The van der Waals surface area contributed by atoms with E-state index >= 15 is 0 Å². The molecule has 226 valence electrons. The van der Waals surface area contributed by atoms with E-state index in [1.54, 1.807) is 48.5 Å². The summed E-state index contributed by atoms with van der Waals surface area (Å²) in [6.45, 7) is 7.74. The second kappa shape index (κ2) is 15.7. The first kappa shape index (κ1) is 33.0. The lowest BCUT2D eigenvalue weighted by atomic mass is 10.1. The number of thioether (sulfide) groups is 1. The molecule has 0 aliphatic heterocycles. The van der Waals surface area contributed by atoms with Crippen molar-refractivity contribution in [2.45, 2.75) is 69.0 Å². The van der Waals surface area contributed by atoms with Crippen molar-refractivity contribution in [2.24, 2.45) is 0 Å². The summed E-state index contributed by atoms with van der Waals surface area (Å²) in [7, 11) is -4.15. The fraction of sp³-hybridized carbons (Fsp3) is 0.375. The molecule has 0 heterocycles. The Morgan fingerprint density at radius 1 is 0.905 bits per heavy atom. The molecule has 0 radical (unpaired) electrons. The van der Waals surface area contributed by atoms with Crippen LogP contribution in [0.1, 0.15) is 46.1 Å². The maximum absolute atomic E-state index is 14.2. The van der Waals surface area contributed by atoms with Crippen LogP contribution in [0.2, 0.25) is 0 Å². The monoisotopic (exact) mass is 611 g/mol. The van der Waals surface area contributed by atoms with Crippen LogP contribution in [0.25, 0.3) is 0 Å². The van der Waals surface area contributed by atoms with Gasteiger partial charge in [0.05, 0.1) is 17.2 Å². The van der Waals surface area contributed by atoms with Gasteiger partial charge in [0, 0.05) is 17.5 Å². The van der Waals surface area contributed by atoms with Crippen molar-refractivity contribution in [3.05, 3.63) is 84.4 Å². The summed E-state index contributed by atoms with van der Waals surface area (Å²) in [6.07, 6.45) is 3.03. The van der Waals surface area contributed by atoms with Crippen LogP contribution >= 0.6 is 11.8 Å². The van der Waals surface area contributed by atoms with Crippen LogP contribution in [0.15, 0.2) is 88.7 Å². The number of carbonyl (C=O) groups is 2. The molecule has 0 aliphatic rings. The standard InChI is InChI=1S/C32H41N3O5S2/c1-6-24(4)33-32(37)30(7-2)34(22-25-12-10-9-11-13-25)31(36)23-35(26-14-16-27(17-15-26)40-8-3)42(38,39)29-20-18-28(41-5)19-21-29/h9-21,24,30H,6-8,22-23H2,1-5H3,(H,33,37)/t24-,30-/m0/s1. The molecular formula is C32H41N3O5S2. The van der Waals surface area contributed by atoms with Crippen molar-refractivity contribution in [3.63, 3.8) is 0 Å². The van der Waals surface area contributed by atoms with Crippen LogP contribution in [-0.4, -0.2) is 56.6 Å². The number of rotatable bonds is 15. The predicted molar refractivity (Wildman–Crippen MR) is 169 cm³/mol. The minimum absolute atomic E-state index is 0.0646. The Morgan fingerprint density at radius 2 is 1.55 bits per heavy atom. The minimum atomic E-state index is -4.15. The Kier molecular flexibility index (Phi) is 12.3. The molecule has 0 aromatic heterocycles. The Bertz CT molecular complexity index is 1400. The number of ether oxygens (including phenoxy) is 1. The molecule has 3 aromatic rings. The number of nitrogens with one attached hydrogen (secondary N) is 1. The quantitative estimate of drug-likeness (QED) is 0.221. The average molecular weight is 612 g/mol. The van der Waals surface area contributed by atoms with E-state index in [1.807, 2.05) is 64.3 Å². The smallest absolute Gasteiger partial charge is 0.264 e. The number of carbonyl (C=O) groups excluding carboxylic acids is 2. The highest BCUT2D eigenvalue weighted by molar-refractivity contribution is 7.98. The number of benzene rings is 3. The maximum atomic E-state index is 14.2. The van der Waals surface area contributed by atoms with Crippen molar-refractivity contribution in [1.29, 1.82) is 0 Å². The first-order valence-corrected chi connectivity index (χ1v) is 16.8. The zero-order valence-corrected chi connectivity index (χ0v) is 26.6. The first-order chi connectivity index (χ1) is 20.1. The predicted octanol–water partition coefficient (Wildman–Crippen LogP) is 5.72. The molecule has 42 heavy (non-hydrogen) atoms. The van der Waals surface area contributed by atoms with Gasteiger partial charge in [-0.25, -0.2) is 8.42 Å². The summed E-state index contributed by atoms with van der Waals surface area (Å²) < 4.78 is 34.8. The summed E-state index contributed by atoms with van der Waals surface area (Å²) >= 11 is 1.51. The van der Waals surface area contributed by atoms with Gasteiger partial charge in [-0.1, -0.05) is 44.2 Å². The van der Waals surface area contributed by atoms with Crippen molar-refractivity contribution < 1.29 is 22.7 Å². The van der Waals surface area contributed by atoms with E-state index < -0.39 is 28.5 Å². The Labute approximate surface area is 254 Å². The summed E-state index contributed by atoms with van der Waals surface area (Å²) in [5, 5.41) is 2.99. The number of sulfonamides is 1. The molecule has 0 unspecified atom stereocenters. The summed E-state index contributed by atoms with van der Waals surface area (Å²) in [6, 6.07) is 21.7. The molecule has 2 atom stereocenters. The summed E-state index contributed by atoms with van der Waals surface area (Å²) in [4.78, 5) is 30.0. The van der Waals surface area contributed by atoms with Gasteiger partial charge in [-0.2, -0.15) is 0 Å². The second-order valence-corrected chi connectivity index (χ2v) is 12.6. The van der Waals surface area contributed by atoms with Gasteiger partial charge in [-0.15, -0.1) is 11.8 Å². The van der Waals surface area contributed by atoms with Crippen molar-refractivity contribution in [3.8, 4) is 5.75 Å². The molecule has 3 rings (SSSR count). The molecule has 10 heteroatoms. The lowest BCUT2D eigenvalue weighted by Gasteiger charge is -2.33. The van der Waals surface area contributed by atoms with Gasteiger partial charge in [-0.3, -0.25) is 13.9 Å². The Balaban J connectivity index is 2.05. The molecule has 1 N–H and O–H groups in total. The minimum Gasteiger partial charge on any atom is -0.494 e. The van der Waals surface area contributed by atoms with Gasteiger partial charge in [0.2, 0.25) is 11.8 Å². The van der Waals surface area contributed by atoms with Crippen LogP contribution < -0.4 is 14.4 Å². The molecule has 0 fully saturated rings. The highest BCUT2D eigenvalue weighted by Crippen LogP contribution is 2.28. The SMILES string of the molecule is CCOc1ccc(N(CC(=O)N(Cc2ccccc2)[C@@H](CC)C(=O)N[C@@H](C)CC)S(=O)(=O)c2ccc(SC)cc2)cc1. The van der Waals surface area contributed by atoms with Gasteiger partial charge in [0.25, 0.3) is 10.0 Å². The zero-order chi connectivity index (χ0) is 30.7. The summed E-state index contributed by atoms with van der Waals surface area (Å²) in [5.41, 5.74) is 1.15. The lowest BCUT2D eigenvalue weighted by molar-refractivity contribution is -0.140. The maximum Gasteiger partial charge on any atom is 0.264 e. The van der Waals surface area contributed by atoms with Crippen molar-refractivity contribution in [2.75, 3.05) is 23.7 Å². The van der Waals surface area contributed by atoms with Crippen molar-refractivity contribution >= 4 is 39.3 Å². The van der Waals surface area contributed by atoms with Gasteiger partial charge < -0.3 is 15.0 Å². The van der Waals surface area contributed by atoms with Crippen LogP contribution in [0.4, 0.5) is 5.69 Å². The van der Waals surface area contributed by atoms with Crippen molar-refractivity contribution in [1.82, 2.24) is 10.2 Å². The van der Waals surface area contributed by atoms with Gasteiger partial charge in [0.15, 0.2) is 0 Å². The Morgan fingerprint density at radius 3 is 2.10 bits per heavy atom. The van der Waals surface area contributed by atoms with E-state index in [0.717, 1.165) is 21.2 Å². The molecule has 3 aromatic carbocycles. The second-order valence-electron chi connectivity index (χ2n) is 9.86. The molecule has 0 bridgehead atoms. The number of nitrogens with zero attached hydrogens (tertiary/aromatic N) is 2. The van der Waals surface area contributed by atoms with Crippen LogP contribution in [0, 0.1) is 0 Å². The first-order valence-electron chi connectivity index (χ1n) is 14.2. The highest BCUT2D eigenvalue weighted by Gasteiger charge is 2.34. The van der Waals surface area contributed by atoms with Crippen LogP contribution in [0.3, 0.4) is 0 Å².